The molecule has 0 aliphatic carbocycles. The Kier molecular flexibility index (Phi) is 5.24. The molecule has 0 saturated carbocycles. The number of aryl methyl sites for hydroxylation is 1. The molecule has 1 atom stereocenters. The second-order valence-electron chi connectivity index (χ2n) is 4.96. The van der Waals surface area contributed by atoms with E-state index in [-0.39, 0.29) is 12.2 Å². The van der Waals surface area contributed by atoms with E-state index >= 15 is 0 Å². The van der Waals surface area contributed by atoms with Gasteiger partial charge in [-0.2, -0.15) is 0 Å². The molecular weight excluding hydrogens is 256 g/mol. The Bertz CT molecular complexity index is 462. The third-order valence-electron chi connectivity index (χ3n) is 3.20. The molecule has 5 nitrogen and oxygen atoms in total. The van der Waals surface area contributed by atoms with Crippen molar-refractivity contribution >= 4 is 6.09 Å². The first-order valence-electron chi connectivity index (χ1n) is 7.07. The average Bonchev–Trinajstić information content (AvgIpc) is 2.84. The van der Waals surface area contributed by atoms with E-state index in [1.165, 1.54) is 0 Å². The molecule has 1 aliphatic rings. The summed E-state index contributed by atoms with van der Waals surface area (Å²) >= 11 is 0. The van der Waals surface area contributed by atoms with Gasteiger partial charge in [0.05, 0.1) is 6.54 Å². The van der Waals surface area contributed by atoms with Crippen LogP contribution < -0.4 is 15.4 Å². The minimum atomic E-state index is -0.367. The van der Waals surface area contributed by atoms with Gasteiger partial charge in [0.1, 0.15) is 12.4 Å². The number of amides is 1. The molecule has 20 heavy (non-hydrogen) atoms. The number of hydrogen-bond donors (Lipinski definition) is 2. The zero-order valence-corrected chi connectivity index (χ0v) is 12.1. The molecule has 1 aromatic carbocycles. The van der Waals surface area contributed by atoms with E-state index < -0.39 is 0 Å². The Morgan fingerprint density at radius 1 is 1.50 bits per heavy atom. The smallest absolute Gasteiger partial charge is 0.407 e. The first-order valence-corrected chi connectivity index (χ1v) is 7.07. The van der Waals surface area contributed by atoms with Crippen LogP contribution in [0.15, 0.2) is 18.2 Å². The number of hydrogen-bond acceptors (Lipinski definition) is 4. The summed E-state index contributed by atoms with van der Waals surface area (Å²) in [5.41, 5.74) is 2.23. The number of carbonyl (C=O) groups excluding carboxylic acids is 1. The fraction of sp³-hybridized carbons (Fsp3) is 0.533. The van der Waals surface area contributed by atoms with Crippen LogP contribution >= 0.6 is 0 Å². The standard InChI is InChI=1S/C15H22N2O3/c1-3-7-16-8-12-6-4-5-11(2)14(12)19-10-13-9-17-15(18)20-13/h4-6,13,16H,3,7-10H2,1-2H3,(H,17,18). The number of carbonyl (C=O) groups is 1. The second kappa shape index (κ2) is 7.14. The van der Waals surface area contributed by atoms with Crippen LogP contribution in [0.25, 0.3) is 0 Å². The van der Waals surface area contributed by atoms with Crippen LogP contribution in [0.1, 0.15) is 24.5 Å². The van der Waals surface area contributed by atoms with Gasteiger partial charge in [-0.05, 0) is 25.5 Å². The van der Waals surface area contributed by atoms with Gasteiger partial charge in [-0.1, -0.05) is 25.1 Å². The largest absolute Gasteiger partial charge is 0.489 e. The predicted octanol–water partition coefficient (Wildman–Crippen LogP) is 1.98. The van der Waals surface area contributed by atoms with Crippen molar-refractivity contribution < 1.29 is 14.3 Å². The zero-order chi connectivity index (χ0) is 14.4. The van der Waals surface area contributed by atoms with E-state index in [2.05, 4.69) is 23.6 Å². The minimum absolute atomic E-state index is 0.210. The second-order valence-corrected chi connectivity index (χ2v) is 4.96. The van der Waals surface area contributed by atoms with Crippen LogP contribution in [-0.2, 0) is 11.3 Å². The Balaban J connectivity index is 1.96. The lowest BCUT2D eigenvalue weighted by Gasteiger charge is -2.16. The normalized spacial score (nSPS) is 17.7. The summed E-state index contributed by atoms with van der Waals surface area (Å²) in [5, 5.41) is 6.00. The minimum Gasteiger partial charge on any atom is -0.489 e. The van der Waals surface area contributed by atoms with Crippen LogP contribution in [-0.4, -0.2) is 31.9 Å². The summed E-state index contributed by atoms with van der Waals surface area (Å²) in [5.74, 6) is 0.888. The number of nitrogens with one attached hydrogen (secondary N) is 2. The fourth-order valence-corrected chi connectivity index (χ4v) is 2.16. The van der Waals surface area contributed by atoms with Crippen molar-refractivity contribution in [3.05, 3.63) is 29.3 Å². The van der Waals surface area contributed by atoms with Crippen molar-refractivity contribution in [1.82, 2.24) is 10.6 Å². The van der Waals surface area contributed by atoms with Crippen LogP contribution in [0.5, 0.6) is 5.75 Å². The molecule has 1 aliphatic heterocycles. The van der Waals surface area contributed by atoms with E-state index in [1.807, 2.05) is 19.1 Å². The molecular formula is C15H22N2O3. The molecule has 1 saturated heterocycles. The van der Waals surface area contributed by atoms with E-state index in [0.29, 0.717) is 13.2 Å². The predicted molar refractivity (Wildman–Crippen MR) is 76.9 cm³/mol. The summed E-state index contributed by atoms with van der Waals surface area (Å²) in [6, 6.07) is 6.11. The molecule has 1 heterocycles. The van der Waals surface area contributed by atoms with Gasteiger partial charge < -0.3 is 20.1 Å². The Labute approximate surface area is 119 Å². The number of rotatable bonds is 7. The maximum atomic E-state index is 11.0. The van der Waals surface area contributed by atoms with Gasteiger partial charge in [-0.3, -0.25) is 0 Å². The molecule has 1 aromatic rings. The lowest BCUT2D eigenvalue weighted by atomic mass is 10.1. The summed E-state index contributed by atoms with van der Waals surface area (Å²) in [4.78, 5) is 11.0. The van der Waals surface area contributed by atoms with Crippen molar-refractivity contribution in [2.45, 2.75) is 32.9 Å². The number of alkyl carbamates (subject to hydrolysis) is 1. The lowest BCUT2D eigenvalue weighted by Crippen LogP contribution is -2.23. The molecule has 5 heteroatoms. The molecule has 0 spiro atoms. The summed E-state index contributed by atoms with van der Waals surface area (Å²) in [6.07, 6.45) is 0.526. The molecule has 0 bridgehead atoms. The van der Waals surface area contributed by atoms with Gasteiger partial charge in [0.2, 0.25) is 0 Å². The van der Waals surface area contributed by atoms with Gasteiger partial charge in [-0.25, -0.2) is 4.79 Å². The molecule has 1 fully saturated rings. The lowest BCUT2D eigenvalue weighted by molar-refractivity contribution is 0.104. The van der Waals surface area contributed by atoms with Gasteiger partial charge in [0.25, 0.3) is 0 Å². The quantitative estimate of drug-likeness (QED) is 0.749. The van der Waals surface area contributed by atoms with Crippen molar-refractivity contribution in [1.29, 1.82) is 0 Å². The van der Waals surface area contributed by atoms with Gasteiger partial charge in [0, 0.05) is 12.1 Å². The highest BCUT2D eigenvalue weighted by Gasteiger charge is 2.23. The molecule has 0 radical (unpaired) electrons. The van der Waals surface area contributed by atoms with Crippen LogP contribution in [0, 0.1) is 6.92 Å². The Morgan fingerprint density at radius 3 is 3.05 bits per heavy atom. The van der Waals surface area contributed by atoms with E-state index in [0.717, 1.165) is 36.4 Å². The molecule has 1 amide bonds. The first kappa shape index (κ1) is 14.7. The highest BCUT2D eigenvalue weighted by molar-refractivity contribution is 5.69. The Hall–Kier alpha value is -1.75. The van der Waals surface area contributed by atoms with Gasteiger partial charge >= 0.3 is 6.09 Å². The molecule has 110 valence electrons. The van der Waals surface area contributed by atoms with E-state index in [1.54, 1.807) is 0 Å². The van der Waals surface area contributed by atoms with Gasteiger partial charge in [0.15, 0.2) is 6.10 Å². The third-order valence-corrected chi connectivity index (χ3v) is 3.20. The zero-order valence-electron chi connectivity index (χ0n) is 12.1. The Morgan fingerprint density at radius 2 is 2.35 bits per heavy atom. The molecule has 0 aromatic heterocycles. The van der Waals surface area contributed by atoms with Crippen molar-refractivity contribution in [3.8, 4) is 5.75 Å². The summed E-state index contributed by atoms with van der Waals surface area (Å²) in [6.45, 7) is 6.82. The first-order chi connectivity index (χ1) is 9.70. The van der Waals surface area contributed by atoms with Crippen molar-refractivity contribution in [3.63, 3.8) is 0 Å². The van der Waals surface area contributed by atoms with Crippen LogP contribution in [0.2, 0.25) is 0 Å². The molecule has 2 rings (SSSR count). The number of ether oxygens (including phenoxy) is 2. The van der Waals surface area contributed by atoms with Crippen LogP contribution in [0.3, 0.4) is 0 Å². The van der Waals surface area contributed by atoms with Crippen molar-refractivity contribution in [2.75, 3.05) is 19.7 Å². The maximum Gasteiger partial charge on any atom is 0.407 e. The average molecular weight is 278 g/mol. The van der Waals surface area contributed by atoms with Crippen molar-refractivity contribution in [2.24, 2.45) is 0 Å². The summed E-state index contributed by atoms with van der Waals surface area (Å²) < 4.78 is 10.9. The molecule has 2 N–H and O–H groups in total. The number of cyclic esters (lactones) is 1. The fourth-order valence-electron chi connectivity index (χ4n) is 2.16. The van der Waals surface area contributed by atoms with E-state index in [4.69, 9.17) is 9.47 Å². The van der Waals surface area contributed by atoms with Gasteiger partial charge in [-0.15, -0.1) is 0 Å². The highest BCUT2D eigenvalue weighted by Crippen LogP contribution is 2.24. The SMILES string of the molecule is CCCNCc1cccc(C)c1OCC1CNC(=O)O1. The maximum absolute atomic E-state index is 11.0. The third kappa shape index (κ3) is 3.87. The van der Waals surface area contributed by atoms with E-state index in [9.17, 15) is 4.79 Å². The highest BCUT2D eigenvalue weighted by atomic mass is 16.6. The topological polar surface area (TPSA) is 59.6 Å². The summed E-state index contributed by atoms with van der Waals surface area (Å²) in [7, 11) is 0. The monoisotopic (exact) mass is 278 g/mol. The number of benzene rings is 1. The number of para-hydroxylation sites is 1. The molecule has 1 unspecified atom stereocenters. The van der Waals surface area contributed by atoms with Crippen LogP contribution in [0.4, 0.5) is 4.79 Å².